The molecule has 5 heteroatoms. The average Bonchev–Trinajstić information content (AvgIpc) is 2.69. The summed E-state index contributed by atoms with van der Waals surface area (Å²) >= 11 is 3.33. The molecule has 1 heterocycles. The lowest BCUT2D eigenvalue weighted by Crippen LogP contribution is -2.16. The first-order valence-corrected chi connectivity index (χ1v) is 6.62. The van der Waals surface area contributed by atoms with E-state index in [0.717, 1.165) is 10.0 Å². The molecule has 0 saturated carbocycles. The number of rotatable bonds is 2. The van der Waals surface area contributed by atoms with E-state index in [9.17, 15) is 9.90 Å². The summed E-state index contributed by atoms with van der Waals surface area (Å²) in [6.45, 7) is 3.60. The zero-order valence-electron chi connectivity index (χ0n) is 11.0. The number of hydrogen-bond acceptors (Lipinski definition) is 2. The van der Waals surface area contributed by atoms with Crippen LogP contribution in [0.25, 0.3) is 0 Å². The first-order chi connectivity index (χ1) is 8.90. The molecule has 0 unspecified atom stereocenters. The molecule has 0 radical (unpaired) electrons. The molecule has 0 aliphatic carbocycles. The summed E-state index contributed by atoms with van der Waals surface area (Å²) in [6.07, 6.45) is 1.81. The lowest BCUT2D eigenvalue weighted by atomic mass is 10.1. The molecule has 4 nitrogen and oxygen atoms in total. The molecule has 1 amide bonds. The number of aromatic hydroxyl groups is 1. The average molecular weight is 323 g/mol. The first-order valence-electron chi connectivity index (χ1n) is 5.82. The minimum atomic E-state index is -0.209. The molecular weight excluding hydrogens is 308 g/mol. The molecular formula is C14H15BrN2O2. The van der Waals surface area contributed by atoms with Gasteiger partial charge in [0.1, 0.15) is 11.4 Å². The van der Waals surface area contributed by atoms with Gasteiger partial charge < -0.3 is 15.0 Å². The van der Waals surface area contributed by atoms with Gasteiger partial charge in [0.05, 0.1) is 0 Å². The Bertz CT molecular complexity index is 647. The van der Waals surface area contributed by atoms with Gasteiger partial charge in [0, 0.05) is 29.0 Å². The number of halogens is 1. The number of carbonyl (C=O) groups is 1. The monoisotopic (exact) mass is 322 g/mol. The summed E-state index contributed by atoms with van der Waals surface area (Å²) in [5, 5.41) is 12.7. The maximum Gasteiger partial charge on any atom is 0.272 e. The minimum absolute atomic E-state index is 0.209. The number of hydrogen-bond donors (Lipinski definition) is 2. The van der Waals surface area contributed by atoms with E-state index in [4.69, 9.17) is 0 Å². The number of amides is 1. The molecule has 0 spiro atoms. The zero-order valence-corrected chi connectivity index (χ0v) is 12.6. The van der Waals surface area contributed by atoms with E-state index in [1.165, 1.54) is 0 Å². The van der Waals surface area contributed by atoms with Gasteiger partial charge in [0.15, 0.2) is 0 Å². The van der Waals surface area contributed by atoms with Crippen LogP contribution in [-0.4, -0.2) is 15.6 Å². The Morgan fingerprint density at radius 1 is 1.37 bits per heavy atom. The van der Waals surface area contributed by atoms with Gasteiger partial charge in [-0.25, -0.2) is 0 Å². The third kappa shape index (κ3) is 2.66. The van der Waals surface area contributed by atoms with Crippen molar-refractivity contribution in [3.05, 3.63) is 45.7 Å². The predicted octanol–water partition coefficient (Wildman–Crippen LogP) is 3.36. The largest absolute Gasteiger partial charge is 0.507 e. The molecule has 0 fully saturated rings. The Balaban J connectivity index is 2.29. The second-order valence-electron chi connectivity index (χ2n) is 4.51. The molecule has 1 aromatic heterocycles. The van der Waals surface area contributed by atoms with Crippen LogP contribution in [0.15, 0.2) is 28.9 Å². The molecule has 0 aliphatic rings. The summed E-state index contributed by atoms with van der Waals surface area (Å²) in [7, 11) is 1.80. The molecule has 2 aromatic rings. The number of nitrogens with zero attached hydrogens (tertiary/aromatic N) is 1. The molecule has 2 N–H and O–H groups in total. The van der Waals surface area contributed by atoms with Gasteiger partial charge in [-0.05, 0) is 47.5 Å². The molecule has 0 atom stereocenters. The highest BCUT2D eigenvalue weighted by molar-refractivity contribution is 9.10. The van der Waals surface area contributed by atoms with Gasteiger partial charge in [0.2, 0.25) is 0 Å². The second kappa shape index (κ2) is 5.09. The van der Waals surface area contributed by atoms with E-state index in [0.29, 0.717) is 16.9 Å². The third-order valence-electron chi connectivity index (χ3n) is 3.09. The van der Waals surface area contributed by atoms with E-state index < -0.39 is 0 Å². The molecule has 19 heavy (non-hydrogen) atoms. The Morgan fingerprint density at radius 3 is 2.63 bits per heavy atom. The van der Waals surface area contributed by atoms with Gasteiger partial charge in [-0.3, -0.25) is 4.79 Å². The molecule has 1 aromatic carbocycles. The van der Waals surface area contributed by atoms with E-state index in [1.54, 1.807) is 36.7 Å². The van der Waals surface area contributed by atoms with Crippen molar-refractivity contribution in [2.75, 3.05) is 5.32 Å². The zero-order chi connectivity index (χ0) is 14.2. The van der Waals surface area contributed by atoms with Gasteiger partial charge in [-0.2, -0.15) is 0 Å². The summed E-state index contributed by atoms with van der Waals surface area (Å²) in [5.41, 5.74) is 2.62. The summed E-state index contributed by atoms with van der Waals surface area (Å²) < 4.78 is 2.59. The van der Waals surface area contributed by atoms with Gasteiger partial charge in [-0.15, -0.1) is 0 Å². The molecule has 0 saturated heterocycles. The Labute approximate surface area is 120 Å². The van der Waals surface area contributed by atoms with Crippen LogP contribution in [0.4, 0.5) is 5.69 Å². The predicted molar refractivity (Wildman–Crippen MR) is 78.6 cm³/mol. The Morgan fingerprint density at radius 2 is 2.05 bits per heavy atom. The van der Waals surface area contributed by atoms with Crippen molar-refractivity contribution >= 4 is 27.5 Å². The van der Waals surface area contributed by atoms with Crippen molar-refractivity contribution in [2.45, 2.75) is 13.8 Å². The van der Waals surface area contributed by atoms with Crippen LogP contribution in [0.3, 0.4) is 0 Å². The van der Waals surface area contributed by atoms with Gasteiger partial charge in [-0.1, -0.05) is 6.07 Å². The Kier molecular flexibility index (Phi) is 3.66. The number of carbonyl (C=O) groups excluding carboxylic acids is 1. The third-order valence-corrected chi connectivity index (χ3v) is 3.52. The van der Waals surface area contributed by atoms with Crippen LogP contribution in [-0.2, 0) is 7.05 Å². The number of nitrogens with one attached hydrogen (secondary N) is 1. The highest BCUT2D eigenvalue weighted by Crippen LogP contribution is 2.28. The van der Waals surface area contributed by atoms with Crippen LogP contribution < -0.4 is 5.32 Å². The lowest BCUT2D eigenvalue weighted by Gasteiger charge is -2.11. The molecule has 0 bridgehead atoms. The smallest absolute Gasteiger partial charge is 0.272 e. The van der Waals surface area contributed by atoms with Gasteiger partial charge in [0.25, 0.3) is 5.91 Å². The fraction of sp³-hybridized carbons (Fsp3) is 0.214. The fourth-order valence-corrected chi connectivity index (χ4v) is 2.43. The number of anilines is 1. The summed E-state index contributed by atoms with van der Waals surface area (Å²) in [4.78, 5) is 12.2. The number of aryl methyl sites for hydroxylation is 2. The Hall–Kier alpha value is -1.75. The van der Waals surface area contributed by atoms with Crippen LogP contribution in [0.5, 0.6) is 5.75 Å². The maximum absolute atomic E-state index is 12.2. The highest BCUT2D eigenvalue weighted by Gasteiger charge is 2.14. The van der Waals surface area contributed by atoms with E-state index >= 15 is 0 Å². The molecule has 2 rings (SSSR count). The second-order valence-corrected chi connectivity index (χ2v) is 5.43. The highest BCUT2D eigenvalue weighted by atomic mass is 79.9. The van der Waals surface area contributed by atoms with Crippen molar-refractivity contribution in [2.24, 2.45) is 7.05 Å². The SMILES string of the molecule is Cc1ccc(NC(=O)c2cc(Br)cn2C)c(C)c1O. The van der Waals surface area contributed by atoms with E-state index in [2.05, 4.69) is 21.2 Å². The number of phenolic OH excluding ortho intramolecular Hbond substituents is 1. The topological polar surface area (TPSA) is 54.3 Å². The molecule has 0 aliphatic heterocycles. The van der Waals surface area contributed by atoms with Crippen LogP contribution in [0, 0.1) is 13.8 Å². The molecule has 100 valence electrons. The van der Waals surface area contributed by atoms with Gasteiger partial charge >= 0.3 is 0 Å². The summed E-state index contributed by atoms with van der Waals surface area (Å²) in [5.74, 6) is 0.00501. The maximum atomic E-state index is 12.2. The number of benzene rings is 1. The number of phenols is 1. The lowest BCUT2D eigenvalue weighted by molar-refractivity contribution is 0.101. The standard InChI is InChI=1S/C14H15BrN2O2/c1-8-4-5-11(9(2)13(8)18)16-14(19)12-6-10(15)7-17(12)3/h4-7,18H,1-3H3,(H,16,19). The van der Waals surface area contributed by atoms with E-state index in [1.807, 2.05) is 13.1 Å². The first kappa shape index (κ1) is 13.7. The van der Waals surface area contributed by atoms with Crippen molar-refractivity contribution < 1.29 is 9.90 Å². The minimum Gasteiger partial charge on any atom is -0.507 e. The van der Waals surface area contributed by atoms with Crippen molar-refractivity contribution in [1.29, 1.82) is 0 Å². The van der Waals surface area contributed by atoms with Crippen LogP contribution >= 0.6 is 15.9 Å². The van der Waals surface area contributed by atoms with Crippen LogP contribution in [0.1, 0.15) is 21.6 Å². The van der Waals surface area contributed by atoms with Crippen LogP contribution in [0.2, 0.25) is 0 Å². The van der Waals surface area contributed by atoms with Crippen molar-refractivity contribution in [3.8, 4) is 5.75 Å². The summed E-state index contributed by atoms with van der Waals surface area (Å²) in [6, 6.07) is 5.32. The number of aromatic nitrogens is 1. The quantitative estimate of drug-likeness (QED) is 0.890. The normalized spacial score (nSPS) is 10.5. The van der Waals surface area contributed by atoms with E-state index in [-0.39, 0.29) is 11.7 Å². The van der Waals surface area contributed by atoms with Crippen molar-refractivity contribution in [3.63, 3.8) is 0 Å². The van der Waals surface area contributed by atoms with Crippen molar-refractivity contribution in [1.82, 2.24) is 4.57 Å². The fourth-order valence-electron chi connectivity index (χ4n) is 1.91.